The van der Waals surface area contributed by atoms with Crippen molar-refractivity contribution in [2.24, 2.45) is 0 Å². The standard InChI is InChI=1S/C11H17N4O/c1-3-9-7-16-8(2)6-15(9)11-5-4-10(12)13-14-11/h5,8-9H,3,6-7H2,1-2H3,(H2,12,13). The van der Waals surface area contributed by atoms with E-state index >= 15 is 0 Å². The Morgan fingerprint density at radius 1 is 1.62 bits per heavy atom. The quantitative estimate of drug-likeness (QED) is 0.802. The van der Waals surface area contributed by atoms with E-state index in [1.54, 1.807) is 6.07 Å². The molecular formula is C11H17N4O. The van der Waals surface area contributed by atoms with Crippen molar-refractivity contribution in [2.45, 2.75) is 32.4 Å². The Kier molecular flexibility index (Phi) is 3.24. The van der Waals surface area contributed by atoms with Crippen molar-refractivity contribution in [1.82, 2.24) is 10.2 Å². The summed E-state index contributed by atoms with van der Waals surface area (Å²) in [7, 11) is 0. The molecule has 5 heteroatoms. The Morgan fingerprint density at radius 2 is 2.44 bits per heavy atom. The Balaban J connectivity index is 2.18. The van der Waals surface area contributed by atoms with Crippen LogP contribution in [0.3, 0.4) is 0 Å². The molecule has 5 nitrogen and oxygen atoms in total. The molecule has 87 valence electrons. The molecule has 2 unspecified atom stereocenters. The number of anilines is 2. The fourth-order valence-electron chi connectivity index (χ4n) is 1.90. The molecule has 2 rings (SSSR count). The zero-order valence-corrected chi connectivity index (χ0v) is 9.68. The van der Waals surface area contributed by atoms with Crippen molar-refractivity contribution in [1.29, 1.82) is 0 Å². The topological polar surface area (TPSA) is 64.3 Å². The van der Waals surface area contributed by atoms with E-state index in [4.69, 9.17) is 10.5 Å². The summed E-state index contributed by atoms with van der Waals surface area (Å²) < 4.78 is 5.63. The van der Waals surface area contributed by atoms with Crippen molar-refractivity contribution in [2.75, 3.05) is 23.8 Å². The summed E-state index contributed by atoms with van der Waals surface area (Å²) in [4.78, 5) is 2.22. The maximum Gasteiger partial charge on any atom is 0.154 e. The van der Waals surface area contributed by atoms with Gasteiger partial charge in [-0.25, -0.2) is 0 Å². The van der Waals surface area contributed by atoms with E-state index in [0.717, 1.165) is 25.4 Å². The van der Waals surface area contributed by atoms with E-state index in [1.165, 1.54) is 0 Å². The van der Waals surface area contributed by atoms with Crippen molar-refractivity contribution >= 4 is 11.6 Å². The highest BCUT2D eigenvalue weighted by atomic mass is 16.5. The van der Waals surface area contributed by atoms with Crippen molar-refractivity contribution in [3.05, 3.63) is 12.1 Å². The minimum Gasteiger partial charge on any atom is -0.382 e. The minimum absolute atomic E-state index is 0.224. The molecule has 0 amide bonds. The van der Waals surface area contributed by atoms with Gasteiger partial charge in [0.05, 0.1) is 18.8 Å². The predicted molar refractivity (Wildman–Crippen MR) is 62.1 cm³/mol. The number of nitrogens with zero attached hydrogens (tertiary/aromatic N) is 3. The lowest BCUT2D eigenvalue weighted by atomic mass is 10.1. The van der Waals surface area contributed by atoms with Crippen LogP contribution >= 0.6 is 0 Å². The summed E-state index contributed by atoms with van der Waals surface area (Å²) in [6, 6.07) is 5.04. The van der Waals surface area contributed by atoms with Crippen LogP contribution in [0.1, 0.15) is 20.3 Å². The molecule has 0 aromatic carbocycles. The summed E-state index contributed by atoms with van der Waals surface area (Å²) >= 11 is 0. The van der Waals surface area contributed by atoms with Crippen molar-refractivity contribution < 1.29 is 4.74 Å². The van der Waals surface area contributed by atoms with Crippen LogP contribution < -0.4 is 10.6 Å². The monoisotopic (exact) mass is 221 g/mol. The van der Waals surface area contributed by atoms with Gasteiger partial charge in [0.2, 0.25) is 0 Å². The molecule has 1 fully saturated rings. The van der Waals surface area contributed by atoms with Gasteiger partial charge in [-0.3, -0.25) is 0 Å². The molecular weight excluding hydrogens is 204 g/mol. The molecule has 1 aliphatic heterocycles. The van der Waals surface area contributed by atoms with Gasteiger partial charge in [0.15, 0.2) is 11.6 Å². The van der Waals surface area contributed by atoms with Gasteiger partial charge in [0, 0.05) is 12.6 Å². The lowest BCUT2D eigenvalue weighted by Crippen LogP contribution is -2.49. The molecule has 1 aromatic rings. The number of hydrogen-bond donors (Lipinski definition) is 1. The maximum atomic E-state index is 5.63. The normalized spacial score (nSPS) is 25.8. The summed E-state index contributed by atoms with van der Waals surface area (Å²) in [6.45, 7) is 5.79. The Morgan fingerprint density at radius 3 is 3.06 bits per heavy atom. The molecule has 1 saturated heterocycles. The van der Waals surface area contributed by atoms with Gasteiger partial charge < -0.3 is 15.4 Å². The van der Waals surface area contributed by atoms with E-state index in [0.29, 0.717) is 11.9 Å². The van der Waals surface area contributed by atoms with E-state index in [-0.39, 0.29) is 6.10 Å². The second-order valence-corrected chi connectivity index (χ2v) is 4.09. The Hall–Kier alpha value is -1.36. The highest BCUT2D eigenvalue weighted by Crippen LogP contribution is 2.20. The van der Waals surface area contributed by atoms with Gasteiger partial charge >= 0.3 is 0 Å². The smallest absolute Gasteiger partial charge is 0.154 e. The molecule has 1 aromatic heterocycles. The predicted octanol–water partition coefficient (Wildman–Crippen LogP) is 0.863. The molecule has 1 radical (unpaired) electrons. The summed E-state index contributed by atoms with van der Waals surface area (Å²) in [6.07, 6.45) is 1.25. The molecule has 2 heterocycles. The van der Waals surface area contributed by atoms with Gasteiger partial charge in [-0.15, -0.1) is 10.2 Å². The molecule has 1 aliphatic rings. The number of hydrogen-bond acceptors (Lipinski definition) is 5. The Labute approximate surface area is 95.6 Å². The first kappa shape index (κ1) is 11.1. The summed E-state index contributed by atoms with van der Waals surface area (Å²) in [5, 5.41) is 7.94. The third kappa shape index (κ3) is 2.24. The SMILES string of the molecule is CCC1COC(C)CN1c1c[c]c(N)nn1. The molecule has 2 atom stereocenters. The maximum absolute atomic E-state index is 5.63. The second-order valence-electron chi connectivity index (χ2n) is 4.09. The van der Waals surface area contributed by atoms with Crippen LogP contribution in [0, 0.1) is 6.07 Å². The summed E-state index contributed by atoms with van der Waals surface area (Å²) in [5.74, 6) is 1.16. The molecule has 0 spiro atoms. The second kappa shape index (κ2) is 4.65. The molecule has 0 aliphatic carbocycles. The largest absolute Gasteiger partial charge is 0.382 e. The molecule has 16 heavy (non-hydrogen) atoms. The van der Waals surface area contributed by atoms with Gasteiger partial charge in [-0.1, -0.05) is 6.92 Å². The van der Waals surface area contributed by atoms with Crippen LogP contribution in [-0.4, -0.2) is 35.5 Å². The number of nitrogen functional groups attached to an aromatic ring is 1. The van der Waals surface area contributed by atoms with Crippen LogP contribution in [0.15, 0.2) is 6.07 Å². The zero-order chi connectivity index (χ0) is 11.5. The lowest BCUT2D eigenvalue weighted by molar-refractivity contribution is 0.0295. The fraction of sp³-hybridized carbons (Fsp3) is 0.636. The first-order valence-electron chi connectivity index (χ1n) is 5.59. The number of aromatic nitrogens is 2. The first-order valence-corrected chi connectivity index (χ1v) is 5.59. The molecule has 0 bridgehead atoms. The Bertz CT molecular complexity index is 340. The molecule has 2 N–H and O–H groups in total. The highest BCUT2D eigenvalue weighted by Gasteiger charge is 2.26. The average molecular weight is 221 g/mol. The van der Waals surface area contributed by atoms with Crippen LogP contribution in [0.2, 0.25) is 0 Å². The fourth-order valence-corrected chi connectivity index (χ4v) is 1.90. The zero-order valence-electron chi connectivity index (χ0n) is 9.68. The van der Waals surface area contributed by atoms with Gasteiger partial charge in [-0.2, -0.15) is 0 Å². The van der Waals surface area contributed by atoms with Crippen LogP contribution in [0.25, 0.3) is 0 Å². The van der Waals surface area contributed by atoms with Crippen LogP contribution in [0.4, 0.5) is 11.6 Å². The van der Waals surface area contributed by atoms with E-state index < -0.39 is 0 Å². The lowest BCUT2D eigenvalue weighted by Gasteiger charge is -2.38. The number of morpholine rings is 1. The van der Waals surface area contributed by atoms with Gasteiger partial charge in [0.1, 0.15) is 0 Å². The third-order valence-electron chi connectivity index (χ3n) is 2.84. The third-order valence-corrected chi connectivity index (χ3v) is 2.84. The average Bonchev–Trinajstić information content (AvgIpc) is 2.30. The first-order chi connectivity index (χ1) is 7.70. The van der Waals surface area contributed by atoms with E-state index in [1.807, 2.05) is 0 Å². The minimum atomic E-state index is 0.224. The van der Waals surface area contributed by atoms with E-state index in [9.17, 15) is 0 Å². The number of nitrogens with two attached hydrogens (primary N) is 1. The van der Waals surface area contributed by atoms with Gasteiger partial charge in [-0.05, 0) is 19.4 Å². The molecule has 0 saturated carbocycles. The van der Waals surface area contributed by atoms with Crippen molar-refractivity contribution in [3.63, 3.8) is 0 Å². The summed E-state index contributed by atoms with van der Waals surface area (Å²) in [5.41, 5.74) is 5.48. The van der Waals surface area contributed by atoms with E-state index in [2.05, 4.69) is 35.0 Å². The number of rotatable bonds is 2. The van der Waals surface area contributed by atoms with Crippen LogP contribution in [0.5, 0.6) is 0 Å². The van der Waals surface area contributed by atoms with Crippen LogP contribution in [-0.2, 0) is 4.74 Å². The van der Waals surface area contributed by atoms with Gasteiger partial charge in [0.25, 0.3) is 0 Å². The highest BCUT2D eigenvalue weighted by molar-refractivity contribution is 5.42. The number of ether oxygens (including phenoxy) is 1. The van der Waals surface area contributed by atoms with Crippen molar-refractivity contribution in [3.8, 4) is 0 Å².